The lowest BCUT2D eigenvalue weighted by Crippen LogP contribution is -2.46. The number of nitrogens with zero attached hydrogens (tertiary/aromatic N) is 4. The van der Waals surface area contributed by atoms with Gasteiger partial charge in [0.25, 0.3) is 0 Å². The number of methoxy groups -OCH3 is 1. The van der Waals surface area contributed by atoms with Crippen molar-refractivity contribution in [3.05, 3.63) is 35.8 Å². The molecule has 0 unspecified atom stereocenters. The van der Waals surface area contributed by atoms with Gasteiger partial charge in [0.1, 0.15) is 11.6 Å². The third kappa shape index (κ3) is 4.04. The van der Waals surface area contributed by atoms with Crippen molar-refractivity contribution in [2.75, 3.05) is 36.5 Å². The molecule has 28 heavy (non-hydrogen) atoms. The van der Waals surface area contributed by atoms with E-state index in [1.807, 2.05) is 0 Å². The Morgan fingerprint density at radius 3 is 2.64 bits per heavy atom. The van der Waals surface area contributed by atoms with Crippen LogP contribution < -0.4 is 20.1 Å². The van der Waals surface area contributed by atoms with Gasteiger partial charge >= 0.3 is 0 Å². The summed E-state index contributed by atoms with van der Waals surface area (Å²) in [4.78, 5) is 25.1. The van der Waals surface area contributed by atoms with Crippen molar-refractivity contribution in [1.82, 2.24) is 20.3 Å². The number of aromatic nitrogens is 3. The SMILES string of the molecule is COc1cccnc1C(=O)c1cnc(N(C2CCNCC2)S(C)(=O)=O)nc1N. The number of nitrogens with two attached hydrogens (primary N) is 1. The summed E-state index contributed by atoms with van der Waals surface area (Å²) >= 11 is 0. The maximum atomic E-state index is 12.8. The molecular weight excluding hydrogens is 384 g/mol. The summed E-state index contributed by atoms with van der Waals surface area (Å²) in [6.45, 7) is 1.39. The second kappa shape index (κ2) is 8.07. The van der Waals surface area contributed by atoms with Crippen LogP contribution in [0.2, 0.25) is 0 Å². The van der Waals surface area contributed by atoms with Gasteiger partial charge in [0, 0.05) is 12.4 Å². The minimum Gasteiger partial charge on any atom is -0.494 e. The van der Waals surface area contributed by atoms with E-state index in [1.54, 1.807) is 12.1 Å². The Kier molecular flexibility index (Phi) is 5.75. The molecule has 1 aliphatic rings. The summed E-state index contributed by atoms with van der Waals surface area (Å²) in [6.07, 6.45) is 5.05. The fourth-order valence-electron chi connectivity index (χ4n) is 3.14. The predicted octanol–water partition coefficient (Wildman–Crippen LogP) is 0.211. The van der Waals surface area contributed by atoms with Crippen molar-refractivity contribution in [1.29, 1.82) is 0 Å². The highest BCUT2D eigenvalue weighted by Gasteiger charge is 2.31. The van der Waals surface area contributed by atoms with Crippen molar-refractivity contribution in [2.45, 2.75) is 18.9 Å². The van der Waals surface area contributed by atoms with Crippen molar-refractivity contribution in [3.63, 3.8) is 0 Å². The minimum atomic E-state index is -3.62. The van der Waals surface area contributed by atoms with E-state index in [0.29, 0.717) is 31.7 Å². The molecule has 150 valence electrons. The van der Waals surface area contributed by atoms with Gasteiger partial charge in [0.15, 0.2) is 5.69 Å². The van der Waals surface area contributed by atoms with Crippen LogP contribution in [0.1, 0.15) is 28.9 Å². The van der Waals surface area contributed by atoms with Crippen molar-refractivity contribution in [3.8, 4) is 5.75 Å². The quantitative estimate of drug-likeness (QED) is 0.644. The number of anilines is 2. The number of rotatable bonds is 6. The maximum absolute atomic E-state index is 12.8. The number of ketones is 1. The molecule has 10 nitrogen and oxygen atoms in total. The second-order valence-corrected chi connectivity index (χ2v) is 8.25. The Labute approximate surface area is 163 Å². The number of carbonyl (C=O) groups is 1. The first kappa shape index (κ1) is 20.0. The third-order valence-corrected chi connectivity index (χ3v) is 5.63. The number of hydrogen-bond donors (Lipinski definition) is 2. The van der Waals surface area contributed by atoms with Crippen LogP contribution in [0.15, 0.2) is 24.5 Å². The molecule has 3 rings (SSSR count). The van der Waals surface area contributed by atoms with Gasteiger partial charge in [-0.05, 0) is 38.1 Å². The Morgan fingerprint density at radius 2 is 2.04 bits per heavy atom. The number of nitrogen functional groups attached to an aromatic ring is 1. The summed E-state index contributed by atoms with van der Waals surface area (Å²) in [7, 11) is -2.19. The first-order valence-corrected chi connectivity index (χ1v) is 10.5. The monoisotopic (exact) mass is 406 g/mol. The van der Waals surface area contributed by atoms with Crippen LogP contribution in [0, 0.1) is 0 Å². The van der Waals surface area contributed by atoms with Crippen LogP contribution >= 0.6 is 0 Å². The lowest BCUT2D eigenvalue weighted by molar-refractivity contribution is 0.103. The van der Waals surface area contributed by atoms with E-state index in [0.717, 1.165) is 6.26 Å². The summed E-state index contributed by atoms with van der Waals surface area (Å²) in [5.41, 5.74) is 6.09. The third-order valence-electron chi connectivity index (χ3n) is 4.45. The van der Waals surface area contributed by atoms with Gasteiger partial charge in [0.05, 0.1) is 25.0 Å². The molecule has 1 saturated heterocycles. The lowest BCUT2D eigenvalue weighted by Gasteiger charge is -2.32. The molecule has 0 radical (unpaired) electrons. The average molecular weight is 406 g/mol. The van der Waals surface area contributed by atoms with Gasteiger partial charge in [-0.2, -0.15) is 4.98 Å². The van der Waals surface area contributed by atoms with Gasteiger partial charge in [-0.1, -0.05) is 0 Å². The molecule has 2 aromatic heterocycles. The Hall–Kier alpha value is -2.79. The number of nitrogens with one attached hydrogen (secondary N) is 1. The minimum absolute atomic E-state index is 0.0273. The molecule has 2 aromatic rings. The zero-order valence-electron chi connectivity index (χ0n) is 15.6. The van der Waals surface area contributed by atoms with Gasteiger partial charge in [-0.3, -0.25) is 4.79 Å². The summed E-state index contributed by atoms with van der Waals surface area (Å²) in [6, 6.07) is 2.98. The van der Waals surface area contributed by atoms with E-state index in [1.165, 1.54) is 23.8 Å². The van der Waals surface area contributed by atoms with Gasteiger partial charge in [-0.25, -0.2) is 22.7 Å². The van der Waals surface area contributed by atoms with Crippen LogP contribution in [0.4, 0.5) is 11.8 Å². The van der Waals surface area contributed by atoms with Crippen molar-refractivity contribution in [2.24, 2.45) is 0 Å². The van der Waals surface area contributed by atoms with E-state index in [2.05, 4.69) is 20.3 Å². The standard InChI is InChI=1S/C17H22N6O4S/c1-27-13-4-3-7-20-14(13)15(24)12-10-21-17(22-16(12)18)23(28(2,25)26)11-5-8-19-9-6-11/h3-4,7,10-11,19H,5-6,8-9H2,1-2H3,(H2,18,21,22). The topological polar surface area (TPSA) is 140 Å². The zero-order valence-corrected chi connectivity index (χ0v) is 16.4. The van der Waals surface area contributed by atoms with Gasteiger partial charge in [-0.15, -0.1) is 0 Å². The van der Waals surface area contributed by atoms with E-state index in [9.17, 15) is 13.2 Å². The predicted molar refractivity (Wildman–Crippen MR) is 104 cm³/mol. The largest absolute Gasteiger partial charge is 0.494 e. The molecule has 0 aliphatic carbocycles. The maximum Gasteiger partial charge on any atom is 0.241 e. The molecule has 1 fully saturated rings. The fraction of sp³-hybridized carbons (Fsp3) is 0.412. The number of carbonyl (C=O) groups excluding carboxylic acids is 1. The van der Waals surface area contributed by atoms with E-state index >= 15 is 0 Å². The molecule has 0 spiro atoms. The van der Waals surface area contributed by atoms with Crippen LogP contribution in [-0.2, 0) is 10.0 Å². The summed E-state index contributed by atoms with van der Waals surface area (Å²) in [5.74, 6) is -0.376. The van der Waals surface area contributed by atoms with E-state index in [-0.39, 0.29) is 29.1 Å². The molecule has 3 N–H and O–H groups in total. The molecule has 3 heterocycles. The molecule has 1 aliphatic heterocycles. The first-order valence-electron chi connectivity index (χ1n) is 8.69. The van der Waals surface area contributed by atoms with Gasteiger partial charge in [0.2, 0.25) is 21.8 Å². The average Bonchev–Trinajstić information content (AvgIpc) is 2.67. The van der Waals surface area contributed by atoms with Crippen LogP contribution in [0.3, 0.4) is 0 Å². The van der Waals surface area contributed by atoms with Crippen molar-refractivity contribution < 1.29 is 17.9 Å². The van der Waals surface area contributed by atoms with E-state index < -0.39 is 15.8 Å². The molecule has 0 saturated carbocycles. The van der Waals surface area contributed by atoms with Crippen LogP contribution in [0.5, 0.6) is 5.75 Å². The van der Waals surface area contributed by atoms with Crippen molar-refractivity contribution >= 4 is 27.6 Å². The van der Waals surface area contributed by atoms with Crippen LogP contribution in [0.25, 0.3) is 0 Å². The molecule has 0 bridgehead atoms. The number of hydrogen-bond acceptors (Lipinski definition) is 9. The number of sulfonamides is 1. The molecular formula is C17H22N6O4S. The van der Waals surface area contributed by atoms with Crippen LogP contribution in [-0.4, -0.2) is 61.6 Å². The molecule has 11 heteroatoms. The molecule has 0 aromatic carbocycles. The number of pyridine rings is 1. The number of ether oxygens (including phenoxy) is 1. The highest BCUT2D eigenvalue weighted by Crippen LogP contribution is 2.25. The smallest absolute Gasteiger partial charge is 0.241 e. The second-order valence-electron chi connectivity index (χ2n) is 6.39. The fourth-order valence-corrected chi connectivity index (χ4v) is 4.28. The first-order chi connectivity index (χ1) is 13.3. The summed E-state index contributed by atoms with van der Waals surface area (Å²) < 4.78 is 31.1. The van der Waals surface area contributed by atoms with Gasteiger partial charge < -0.3 is 15.8 Å². The Bertz CT molecular complexity index is 975. The normalized spacial score (nSPS) is 15.2. The number of piperidine rings is 1. The molecule has 0 amide bonds. The summed E-state index contributed by atoms with van der Waals surface area (Å²) in [5, 5.41) is 3.19. The van der Waals surface area contributed by atoms with E-state index in [4.69, 9.17) is 10.5 Å². The molecule has 0 atom stereocenters. The zero-order chi connectivity index (χ0) is 20.3. The Balaban J connectivity index is 1.97. The lowest BCUT2D eigenvalue weighted by atomic mass is 10.1. The Morgan fingerprint density at radius 1 is 1.32 bits per heavy atom. The highest BCUT2D eigenvalue weighted by atomic mass is 32.2. The highest BCUT2D eigenvalue weighted by molar-refractivity contribution is 7.92.